The number of nitrogens with one attached hydrogen (secondary N) is 1. The summed E-state index contributed by atoms with van der Waals surface area (Å²) in [5.74, 6) is 1.90. The Morgan fingerprint density at radius 1 is 1.17 bits per heavy atom. The number of anilines is 1. The summed E-state index contributed by atoms with van der Waals surface area (Å²) in [5.41, 5.74) is 3.92. The van der Waals surface area contributed by atoms with Crippen LogP contribution in [0.2, 0.25) is 0 Å². The summed E-state index contributed by atoms with van der Waals surface area (Å²) in [6, 6.07) is 16.0. The fourth-order valence-electron chi connectivity index (χ4n) is 3.98. The van der Waals surface area contributed by atoms with Crippen molar-refractivity contribution in [2.75, 3.05) is 19.1 Å². The maximum atomic E-state index is 12.9. The highest BCUT2D eigenvalue weighted by Crippen LogP contribution is 2.33. The summed E-state index contributed by atoms with van der Waals surface area (Å²) in [6.07, 6.45) is 2.57. The summed E-state index contributed by atoms with van der Waals surface area (Å²) in [4.78, 5) is 15.2. The van der Waals surface area contributed by atoms with Crippen LogP contribution in [0.4, 0.5) is 5.69 Å². The van der Waals surface area contributed by atoms with E-state index in [4.69, 9.17) is 13.9 Å². The van der Waals surface area contributed by atoms with Crippen LogP contribution in [-0.4, -0.2) is 26.2 Å². The minimum atomic E-state index is -0.177. The predicted octanol–water partition coefficient (Wildman–Crippen LogP) is 4.18. The van der Waals surface area contributed by atoms with E-state index in [1.165, 1.54) is 11.3 Å². The molecule has 0 aliphatic carbocycles. The summed E-state index contributed by atoms with van der Waals surface area (Å²) in [6.45, 7) is 3.07. The molecule has 0 saturated heterocycles. The fourth-order valence-corrected chi connectivity index (χ4v) is 3.98. The first-order valence-corrected chi connectivity index (χ1v) is 10.0. The van der Waals surface area contributed by atoms with Gasteiger partial charge < -0.3 is 24.1 Å². The van der Waals surface area contributed by atoms with Gasteiger partial charge in [0.05, 0.1) is 32.6 Å². The van der Waals surface area contributed by atoms with E-state index in [9.17, 15) is 4.79 Å². The zero-order chi connectivity index (χ0) is 21.1. The summed E-state index contributed by atoms with van der Waals surface area (Å²) < 4.78 is 16.4. The van der Waals surface area contributed by atoms with Crippen LogP contribution in [0, 0.1) is 0 Å². The van der Waals surface area contributed by atoms with Gasteiger partial charge in [0.1, 0.15) is 17.3 Å². The highest BCUT2D eigenvalue weighted by atomic mass is 16.5. The number of benzene rings is 2. The third-order valence-corrected chi connectivity index (χ3v) is 5.58. The molecule has 1 aliphatic heterocycles. The van der Waals surface area contributed by atoms with E-state index in [0.29, 0.717) is 42.0 Å². The Morgan fingerprint density at radius 2 is 2.00 bits per heavy atom. The standard InChI is InChI=1S/C24H26N2O4/c1-16-12-17-6-4-5-7-21(17)26(16)15-23-20(10-11-30-23)24(27)25-14-18-13-19(28-2)8-9-22(18)29-3/h4-11,13,16H,12,14-15H2,1-3H3,(H,25,27). The average molecular weight is 406 g/mol. The van der Waals surface area contributed by atoms with E-state index in [0.717, 1.165) is 12.0 Å². The number of amides is 1. The van der Waals surface area contributed by atoms with Crippen molar-refractivity contribution in [2.45, 2.75) is 32.5 Å². The molecule has 0 spiro atoms. The van der Waals surface area contributed by atoms with Gasteiger partial charge in [-0.2, -0.15) is 0 Å². The monoisotopic (exact) mass is 406 g/mol. The Bertz CT molecular complexity index is 1040. The van der Waals surface area contributed by atoms with E-state index in [1.807, 2.05) is 24.3 Å². The minimum Gasteiger partial charge on any atom is -0.497 e. The molecule has 1 amide bonds. The van der Waals surface area contributed by atoms with E-state index < -0.39 is 0 Å². The molecule has 1 aliphatic rings. The highest BCUT2D eigenvalue weighted by Gasteiger charge is 2.28. The van der Waals surface area contributed by atoms with Gasteiger partial charge in [-0.3, -0.25) is 4.79 Å². The molecule has 30 heavy (non-hydrogen) atoms. The van der Waals surface area contributed by atoms with Crippen molar-refractivity contribution < 1.29 is 18.7 Å². The molecule has 1 aromatic heterocycles. The molecule has 1 N–H and O–H groups in total. The third kappa shape index (κ3) is 3.85. The number of ether oxygens (including phenoxy) is 2. The van der Waals surface area contributed by atoms with Gasteiger partial charge in [0.25, 0.3) is 5.91 Å². The first kappa shape index (κ1) is 19.9. The fraction of sp³-hybridized carbons (Fsp3) is 0.292. The lowest BCUT2D eigenvalue weighted by atomic mass is 10.1. The third-order valence-electron chi connectivity index (χ3n) is 5.58. The number of fused-ring (bicyclic) bond motifs is 1. The molecular weight excluding hydrogens is 380 g/mol. The number of hydrogen-bond acceptors (Lipinski definition) is 5. The predicted molar refractivity (Wildman–Crippen MR) is 115 cm³/mol. The van der Waals surface area contributed by atoms with E-state index >= 15 is 0 Å². The van der Waals surface area contributed by atoms with Gasteiger partial charge in [-0.15, -0.1) is 0 Å². The Kier molecular flexibility index (Phi) is 5.65. The van der Waals surface area contributed by atoms with Crippen molar-refractivity contribution in [3.05, 3.63) is 77.2 Å². The Morgan fingerprint density at radius 3 is 2.80 bits per heavy atom. The molecule has 156 valence electrons. The Hall–Kier alpha value is -3.41. The smallest absolute Gasteiger partial charge is 0.255 e. The molecule has 2 aromatic carbocycles. The lowest BCUT2D eigenvalue weighted by Crippen LogP contribution is -2.30. The molecule has 0 fully saturated rings. The van der Waals surface area contributed by atoms with Crippen LogP contribution in [0.25, 0.3) is 0 Å². The van der Waals surface area contributed by atoms with E-state index in [-0.39, 0.29) is 5.91 Å². The molecule has 0 saturated carbocycles. The van der Waals surface area contributed by atoms with E-state index in [1.54, 1.807) is 26.5 Å². The van der Waals surface area contributed by atoms with Crippen LogP contribution in [0.1, 0.15) is 34.2 Å². The molecule has 6 heteroatoms. The van der Waals surface area contributed by atoms with Crippen molar-refractivity contribution >= 4 is 11.6 Å². The lowest BCUT2D eigenvalue weighted by molar-refractivity contribution is 0.0948. The number of para-hydroxylation sites is 1. The number of carbonyl (C=O) groups excluding carboxylic acids is 1. The summed E-state index contributed by atoms with van der Waals surface area (Å²) in [5, 5.41) is 2.97. The lowest BCUT2D eigenvalue weighted by Gasteiger charge is -2.24. The largest absolute Gasteiger partial charge is 0.497 e. The maximum Gasteiger partial charge on any atom is 0.255 e. The Balaban J connectivity index is 1.48. The van der Waals surface area contributed by atoms with Crippen molar-refractivity contribution in [3.63, 3.8) is 0 Å². The molecule has 0 bridgehead atoms. The molecule has 4 rings (SSSR count). The van der Waals surface area contributed by atoms with Gasteiger partial charge in [0.2, 0.25) is 0 Å². The second-order valence-electron chi connectivity index (χ2n) is 7.43. The van der Waals surface area contributed by atoms with Gasteiger partial charge >= 0.3 is 0 Å². The zero-order valence-electron chi connectivity index (χ0n) is 17.5. The number of rotatable bonds is 7. The number of furan rings is 1. The van der Waals surface area contributed by atoms with Gasteiger partial charge in [-0.25, -0.2) is 0 Å². The molecule has 1 atom stereocenters. The van der Waals surface area contributed by atoms with Crippen molar-refractivity contribution in [1.82, 2.24) is 5.32 Å². The van der Waals surface area contributed by atoms with Crippen LogP contribution in [0.15, 0.2) is 59.2 Å². The highest BCUT2D eigenvalue weighted by molar-refractivity contribution is 5.95. The molecule has 6 nitrogen and oxygen atoms in total. The van der Waals surface area contributed by atoms with Crippen LogP contribution in [0.3, 0.4) is 0 Å². The second kappa shape index (κ2) is 8.53. The first-order chi connectivity index (χ1) is 14.6. The van der Waals surface area contributed by atoms with Gasteiger partial charge in [-0.1, -0.05) is 18.2 Å². The number of carbonyl (C=O) groups is 1. The molecule has 0 radical (unpaired) electrons. The van der Waals surface area contributed by atoms with Crippen LogP contribution in [0.5, 0.6) is 11.5 Å². The number of methoxy groups -OCH3 is 2. The molecule has 3 aromatic rings. The quantitative estimate of drug-likeness (QED) is 0.638. The Labute approximate surface area is 176 Å². The van der Waals surface area contributed by atoms with Crippen molar-refractivity contribution in [3.8, 4) is 11.5 Å². The van der Waals surface area contributed by atoms with Crippen LogP contribution >= 0.6 is 0 Å². The van der Waals surface area contributed by atoms with E-state index in [2.05, 4.69) is 35.3 Å². The SMILES string of the molecule is COc1ccc(OC)c(CNC(=O)c2ccoc2CN2c3ccccc3CC2C)c1. The summed E-state index contributed by atoms with van der Waals surface area (Å²) >= 11 is 0. The minimum absolute atomic E-state index is 0.177. The van der Waals surface area contributed by atoms with Gasteiger partial charge in [0.15, 0.2) is 0 Å². The average Bonchev–Trinajstić information content (AvgIpc) is 3.36. The second-order valence-corrected chi connectivity index (χ2v) is 7.43. The molecule has 2 heterocycles. The van der Waals surface area contributed by atoms with Gasteiger partial charge in [-0.05, 0) is 49.2 Å². The normalized spacial score (nSPS) is 15.0. The van der Waals surface area contributed by atoms with Crippen LogP contribution < -0.4 is 19.7 Å². The first-order valence-electron chi connectivity index (χ1n) is 10.0. The van der Waals surface area contributed by atoms with Crippen molar-refractivity contribution in [2.24, 2.45) is 0 Å². The zero-order valence-corrected chi connectivity index (χ0v) is 17.5. The molecule has 1 unspecified atom stereocenters. The number of hydrogen-bond donors (Lipinski definition) is 1. The summed E-state index contributed by atoms with van der Waals surface area (Å²) in [7, 11) is 3.22. The van der Waals surface area contributed by atoms with Gasteiger partial charge in [0, 0.05) is 23.8 Å². The van der Waals surface area contributed by atoms with Crippen molar-refractivity contribution in [1.29, 1.82) is 0 Å². The molecular formula is C24H26N2O4. The number of nitrogens with zero attached hydrogens (tertiary/aromatic N) is 1. The van der Waals surface area contributed by atoms with Crippen LogP contribution in [-0.2, 0) is 19.5 Å². The topological polar surface area (TPSA) is 63.9 Å². The maximum absolute atomic E-state index is 12.9.